The van der Waals surface area contributed by atoms with Gasteiger partial charge in [-0.05, 0) is 56.3 Å². The number of rotatable bonds is 5. The molecule has 26 heavy (non-hydrogen) atoms. The van der Waals surface area contributed by atoms with Crippen molar-refractivity contribution in [1.82, 2.24) is 19.5 Å². The van der Waals surface area contributed by atoms with E-state index < -0.39 is 0 Å². The fraction of sp³-hybridized carbons (Fsp3) is 0.350. The fourth-order valence-electron chi connectivity index (χ4n) is 3.50. The minimum atomic E-state index is 0.455. The van der Waals surface area contributed by atoms with Gasteiger partial charge in [0.25, 0.3) is 0 Å². The zero-order chi connectivity index (χ0) is 17.8. The van der Waals surface area contributed by atoms with E-state index in [0.717, 1.165) is 49.7 Å². The lowest BCUT2D eigenvalue weighted by Gasteiger charge is -2.31. The standard InChI is InChI=1S/C20H21N5O/c21-15-16-4-3-5-18(14-16)26-13-12-24-10-7-17(8-11-24)20-23-22-19-6-1-2-9-25(19)20/h1-6,9,14,17H,7-8,10-13H2. The maximum Gasteiger partial charge on any atom is 0.160 e. The Labute approximate surface area is 152 Å². The number of benzene rings is 1. The number of hydrogen-bond acceptors (Lipinski definition) is 5. The summed E-state index contributed by atoms with van der Waals surface area (Å²) in [6.45, 7) is 3.60. The SMILES string of the molecule is N#Cc1cccc(OCCN2CCC(c3nnc4ccccn34)CC2)c1. The molecule has 1 fully saturated rings. The van der Waals surface area contributed by atoms with Gasteiger partial charge in [-0.15, -0.1) is 10.2 Å². The van der Waals surface area contributed by atoms with Gasteiger partial charge < -0.3 is 4.74 Å². The normalized spacial score (nSPS) is 15.8. The average molecular weight is 347 g/mol. The highest BCUT2D eigenvalue weighted by Crippen LogP contribution is 2.27. The van der Waals surface area contributed by atoms with E-state index in [1.807, 2.05) is 36.5 Å². The van der Waals surface area contributed by atoms with Gasteiger partial charge in [0.15, 0.2) is 5.65 Å². The number of pyridine rings is 1. The predicted molar refractivity (Wildman–Crippen MR) is 98.1 cm³/mol. The van der Waals surface area contributed by atoms with Crippen LogP contribution in [0.2, 0.25) is 0 Å². The van der Waals surface area contributed by atoms with E-state index >= 15 is 0 Å². The number of piperidine rings is 1. The molecule has 3 aromatic rings. The maximum absolute atomic E-state index is 8.94. The Morgan fingerprint density at radius 1 is 1.12 bits per heavy atom. The van der Waals surface area contributed by atoms with Crippen molar-refractivity contribution in [2.75, 3.05) is 26.2 Å². The Hall–Kier alpha value is -2.91. The lowest BCUT2D eigenvalue weighted by molar-refractivity contribution is 0.171. The molecular weight excluding hydrogens is 326 g/mol. The van der Waals surface area contributed by atoms with Gasteiger partial charge in [0.1, 0.15) is 18.2 Å². The first kappa shape index (κ1) is 16.6. The van der Waals surface area contributed by atoms with E-state index in [1.165, 1.54) is 0 Å². The zero-order valence-corrected chi connectivity index (χ0v) is 14.6. The van der Waals surface area contributed by atoms with Crippen molar-refractivity contribution < 1.29 is 4.74 Å². The highest BCUT2D eigenvalue weighted by molar-refractivity contribution is 5.38. The van der Waals surface area contributed by atoms with Crippen LogP contribution in [0.4, 0.5) is 0 Å². The summed E-state index contributed by atoms with van der Waals surface area (Å²) >= 11 is 0. The second-order valence-corrected chi connectivity index (χ2v) is 6.59. The van der Waals surface area contributed by atoms with Crippen molar-refractivity contribution in [3.05, 3.63) is 60.0 Å². The third-order valence-electron chi connectivity index (χ3n) is 4.93. The van der Waals surface area contributed by atoms with Gasteiger partial charge in [-0.25, -0.2) is 0 Å². The van der Waals surface area contributed by atoms with Crippen molar-refractivity contribution in [1.29, 1.82) is 5.26 Å². The van der Waals surface area contributed by atoms with Crippen LogP contribution in [0.5, 0.6) is 5.75 Å². The molecule has 1 aliphatic rings. The molecule has 0 unspecified atom stereocenters. The molecule has 6 heteroatoms. The van der Waals surface area contributed by atoms with Crippen molar-refractivity contribution in [3.8, 4) is 11.8 Å². The molecule has 132 valence electrons. The zero-order valence-electron chi connectivity index (χ0n) is 14.6. The molecular formula is C20H21N5O. The third kappa shape index (κ3) is 3.53. The molecule has 2 aromatic heterocycles. The number of likely N-dealkylation sites (tertiary alicyclic amines) is 1. The molecule has 1 aliphatic heterocycles. The van der Waals surface area contributed by atoms with Crippen LogP contribution in [-0.2, 0) is 0 Å². The van der Waals surface area contributed by atoms with E-state index in [0.29, 0.717) is 18.1 Å². The number of hydrogen-bond donors (Lipinski definition) is 0. The molecule has 0 radical (unpaired) electrons. The molecule has 3 heterocycles. The van der Waals surface area contributed by atoms with Gasteiger partial charge >= 0.3 is 0 Å². The average Bonchev–Trinajstić information content (AvgIpc) is 3.13. The Morgan fingerprint density at radius 2 is 2.00 bits per heavy atom. The van der Waals surface area contributed by atoms with E-state index in [-0.39, 0.29) is 0 Å². The minimum absolute atomic E-state index is 0.455. The van der Waals surface area contributed by atoms with E-state index in [4.69, 9.17) is 10.00 Å². The van der Waals surface area contributed by atoms with Crippen LogP contribution in [0.1, 0.15) is 30.1 Å². The molecule has 4 rings (SSSR count). The molecule has 0 bridgehead atoms. The Kier molecular flexibility index (Phi) is 4.80. The molecule has 0 N–H and O–H groups in total. The van der Waals surface area contributed by atoms with E-state index in [1.54, 1.807) is 12.1 Å². The number of ether oxygens (including phenoxy) is 1. The van der Waals surface area contributed by atoms with Gasteiger partial charge in [-0.2, -0.15) is 5.26 Å². The molecule has 0 amide bonds. The van der Waals surface area contributed by atoms with Crippen LogP contribution in [-0.4, -0.2) is 45.7 Å². The summed E-state index contributed by atoms with van der Waals surface area (Å²) in [5.74, 6) is 2.29. The van der Waals surface area contributed by atoms with E-state index in [2.05, 4.69) is 25.6 Å². The third-order valence-corrected chi connectivity index (χ3v) is 4.93. The highest BCUT2D eigenvalue weighted by Gasteiger charge is 2.24. The maximum atomic E-state index is 8.94. The van der Waals surface area contributed by atoms with Gasteiger partial charge in [0.05, 0.1) is 11.6 Å². The van der Waals surface area contributed by atoms with Crippen LogP contribution in [0.15, 0.2) is 48.7 Å². The predicted octanol–water partition coefficient (Wildman–Crippen LogP) is 2.86. The minimum Gasteiger partial charge on any atom is -0.492 e. The first-order chi connectivity index (χ1) is 12.8. The lowest BCUT2D eigenvalue weighted by Crippen LogP contribution is -2.36. The second kappa shape index (κ2) is 7.54. The van der Waals surface area contributed by atoms with Crippen LogP contribution >= 0.6 is 0 Å². The van der Waals surface area contributed by atoms with Crippen molar-refractivity contribution in [2.45, 2.75) is 18.8 Å². The van der Waals surface area contributed by atoms with Crippen molar-refractivity contribution >= 4 is 5.65 Å². The Bertz CT molecular complexity index is 921. The van der Waals surface area contributed by atoms with Crippen LogP contribution in [0, 0.1) is 11.3 Å². The first-order valence-electron chi connectivity index (χ1n) is 8.98. The topological polar surface area (TPSA) is 66.5 Å². The van der Waals surface area contributed by atoms with Crippen molar-refractivity contribution in [2.24, 2.45) is 0 Å². The summed E-state index contributed by atoms with van der Waals surface area (Å²) in [6, 6.07) is 15.4. The summed E-state index contributed by atoms with van der Waals surface area (Å²) in [4.78, 5) is 2.42. The first-order valence-corrected chi connectivity index (χ1v) is 8.98. The summed E-state index contributed by atoms with van der Waals surface area (Å²) in [5.41, 5.74) is 1.54. The van der Waals surface area contributed by atoms with Gasteiger partial charge in [0.2, 0.25) is 0 Å². The summed E-state index contributed by atoms with van der Waals surface area (Å²) < 4.78 is 7.89. The number of nitrogens with zero attached hydrogens (tertiary/aromatic N) is 5. The molecule has 6 nitrogen and oxygen atoms in total. The quantitative estimate of drug-likeness (QED) is 0.710. The smallest absolute Gasteiger partial charge is 0.160 e. The molecule has 0 spiro atoms. The fourth-order valence-corrected chi connectivity index (χ4v) is 3.50. The monoisotopic (exact) mass is 347 g/mol. The molecule has 1 saturated heterocycles. The molecule has 0 aliphatic carbocycles. The molecule has 1 aromatic carbocycles. The van der Waals surface area contributed by atoms with E-state index in [9.17, 15) is 0 Å². The van der Waals surface area contributed by atoms with Gasteiger partial charge in [0, 0.05) is 18.7 Å². The van der Waals surface area contributed by atoms with Crippen LogP contribution in [0.25, 0.3) is 5.65 Å². The highest BCUT2D eigenvalue weighted by atomic mass is 16.5. The number of fused-ring (bicyclic) bond motifs is 1. The Morgan fingerprint density at radius 3 is 2.85 bits per heavy atom. The lowest BCUT2D eigenvalue weighted by atomic mass is 9.96. The van der Waals surface area contributed by atoms with Gasteiger partial charge in [-0.3, -0.25) is 9.30 Å². The summed E-state index contributed by atoms with van der Waals surface area (Å²) in [5, 5.41) is 17.6. The number of aromatic nitrogens is 3. The van der Waals surface area contributed by atoms with Crippen LogP contribution in [0.3, 0.4) is 0 Å². The largest absolute Gasteiger partial charge is 0.492 e. The van der Waals surface area contributed by atoms with Gasteiger partial charge in [-0.1, -0.05) is 12.1 Å². The van der Waals surface area contributed by atoms with Crippen LogP contribution < -0.4 is 4.74 Å². The molecule has 0 saturated carbocycles. The summed E-state index contributed by atoms with van der Waals surface area (Å²) in [6.07, 6.45) is 4.21. The summed E-state index contributed by atoms with van der Waals surface area (Å²) in [7, 11) is 0. The second-order valence-electron chi connectivity index (χ2n) is 6.59. The number of nitriles is 1. The van der Waals surface area contributed by atoms with Crippen molar-refractivity contribution in [3.63, 3.8) is 0 Å². The Balaban J connectivity index is 1.28. The molecule has 0 atom stereocenters.